The van der Waals surface area contributed by atoms with Crippen molar-refractivity contribution in [3.8, 4) is 17.0 Å². The van der Waals surface area contributed by atoms with Crippen LogP contribution in [-0.2, 0) is 0 Å². The van der Waals surface area contributed by atoms with Crippen LogP contribution >= 0.6 is 11.3 Å². The highest BCUT2D eigenvalue weighted by Gasteiger charge is 2.11. The van der Waals surface area contributed by atoms with Gasteiger partial charge >= 0.3 is 0 Å². The van der Waals surface area contributed by atoms with Crippen LogP contribution in [0.2, 0.25) is 0 Å². The molecule has 1 heterocycles. The first kappa shape index (κ1) is 20.1. The standard InChI is InChI=1S/C23H26N2O2S/c1-4-5-13-27-20-8-6-7-19(14-20)22(26)25-23-24-21(15-28-23)18-11-9-17(10-12-18)16(2)3/h6-12,14-16H,4-5,13H2,1-3H3,(H,24,25,26). The highest BCUT2D eigenvalue weighted by Crippen LogP contribution is 2.27. The Bertz CT molecular complexity index is 916. The average Bonchev–Trinajstić information content (AvgIpc) is 3.17. The molecule has 3 rings (SSSR count). The van der Waals surface area contributed by atoms with Crippen molar-refractivity contribution in [1.29, 1.82) is 0 Å². The van der Waals surface area contributed by atoms with Crippen LogP contribution < -0.4 is 10.1 Å². The summed E-state index contributed by atoms with van der Waals surface area (Å²) in [5.41, 5.74) is 3.78. The minimum atomic E-state index is -0.183. The number of thiazole rings is 1. The lowest BCUT2D eigenvalue weighted by Gasteiger charge is -2.07. The number of unbranched alkanes of at least 4 members (excludes halogenated alkanes) is 1. The first-order chi connectivity index (χ1) is 13.6. The quantitative estimate of drug-likeness (QED) is 0.452. The van der Waals surface area contributed by atoms with Crippen molar-refractivity contribution >= 4 is 22.4 Å². The summed E-state index contributed by atoms with van der Waals surface area (Å²) in [6, 6.07) is 15.7. The van der Waals surface area contributed by atoms with E-state index < -0.39 is 0 Å². The number of nitrogens with zero attached hydrogens (tertiary/aromatic N) is 1. The number of hydrogen-bond acceptors (Lipinski definition) is 4. The van der Waals surface area contributed by atoms with Crippen LogP contribution in [0, 0.1) is 0 Å². The predicted molar refractivity (Wildman–Crippen MR) is 116 cm³/mol. The molecule has 0 fully saturated rings. The fourth-order valence-corrected chi connectivity index (χ4v) is 3.45. The van der Waals surface area contributed by atoms with Crippen LogP contribution in [0.25, 0.3) is 11.3 Å². The molecule has 0 spiro atoms. The molecule has 0 bridgehead atoms. The highest BCUT2D eigenvalue weighted by atomic mass is 32.1. The van der Waals surface area contributed by atoms with Crippen molar-refractivity contribution in [2.45, 2.75) is 39.5 Å². The van der Waals surface area contributed by atoms with Gasteiger partial charge in [0.1, 0.15) is 5.75 Å². The minimum Gasteiger partial charge on any atom is -0.494 e. The van der Waals surface area contributed by atoms with E-state index in [-0.39, 0.29) is 5.91 Å². The number of benzene rings is 2. The summed E-state index contributed by atoms with van der Waals surface area (Å²) in [5.74, 6) is 1.03. The number of anilines is 1. The molecule has 0 radical (unpaired) electrons. The summed E-state index contributed by atoms with van der Waals surface area (Å²) in [6.07, 6.45) is 2.07. The normalized spacial score (nSPS) is 10.9. The summed E-state index contributed by atoms with van der Waals surface area (Å²) in [7, 11) is 0. The van der Waals surface area contributed by atoms with Gasteiger partial charge in [0, 0.05) is 16.5 Å². The molecule has 5 heteroatoms. The Morgan fingerprint density at radius 1 is 1.18 bits per heavy atom. The maximum atomic E-state index is 12.6. The van der Waals surface area contributed by atoms with Crippen LogP contribution in [0.15, 0.2) is 53.9 Å². The molecule has 0 aliphatic heterocycles. The molecular formula is C23H26N2O2S. The molecular weight excluding hydrogens is 368 g/mol. The van der Waals surface area contributed by atoms with Gasteiger partial charge in [-0.1, -0.05) is 57.5 Å². The van der Waals surface area contributed by atoms with Crippen molar-refractivity contribution in [1.82, 2.24) is 4.98 Å². The third-order valence-electron chi connectivity index (χ3n) is 4.46. The maximum Gasteiger partial charge on any atom is 0.257 e. The second-order valence-corrected chi connectivity index (χ2v) is 7.86. The lowest BCUT2D eigenvalue weighted by molar-refractivity contribution is 0.102. The Balaban J connectivity index is 1.66. The summed E-state index contributed by atoms with van der Waals surface area (Å²) in [6.45, 7) is 7.13. The topological polar surface area (TPSA) is 51.2 Å². The molecule has 2 aromatic carbocycles. The van der Waals surface area contributed by atoms with Crippen molar-refractivity contribution < 1.29 is 9.53 Å². The molecule has 0 saturated carbocycles. The van der Waals surface area contributed by atoms with Gasteiger partial charge in [0.25, 0.3) is 5.91 Å². The summed E-state index contributed by atoms with van der Waals surface area (Å²) in [4.78, 5) is 17.1. The van der Waals surface area contributed by atoms with E-state index in [1.54, 1.807) is 12.1 Å². The zero-order chi connectivity index (χ0) is 19.9. The molecule has 0 unspecified atom stereocenters. The third kappa shape index (κ3) is 5.20. The second-order valence-electron chi connectivity index (χ2n) is 7.00. The monoisotopic (exact) mass is 394 g/mol. The largest absolute Gasteiger partial charge is 0.494 e. The molecule has 146 valence electrons. The van der Waals surface area contributed by atoms with Crippen LogP contribution in [0.3, 0.4) is 0 Å². The van der Waals surface area contributed by atoms with Gasteiger partial charge in [0.05, 0.1) is 12.3 Å². The van der Waals surface area contributed by atoms with E-state index in [0.717, 1.165) is 24.1 Å². The zero-order valence-electron chi connectivity index (χ0n) is 16.6. The summed E-state index contributed by atoms with van der Waals surface area (Å²) < 4.78 is 5.68. The van der Waals surface area contributed by atoms with Crippen LogP contribution in [0.1, 0.15) is 55.5 Å². The van der Waals surface area contributed by atoms with Gasteiger partial charge in [0.2, 0.25) is 0 Å². The Morgan fingerprint density at radius 2 is 1.96 bits per heavy atom. The highest BCUT2D eigenvalue weighted by molar-refractivity contribution is 7.14. The molecule has 0 aliphatic carbocycles. The number of ether oxygens (including phenoxy) is 1. The first-order valence-corrected chi connectivity index (χ1v) is 10.5. The molecule has 0 atom stereocenters. The van der Waals surface area contributed by atoms with Crippen LogP contribution in [0.4, 0.5) is 5.13 Å². The van der Waals surface area contributed by atoms with Gasteiger partial charge in [-0.2, -0.15) is 0 Å². The van der Waals surface area contributed by atoms with E-state index in [1.165, 1.54) is 16.9 Å². The van der Waals surface area contributed by atoms with Crippen LogP contribution in [-0.4, -0.2) is 17.5 Å². The molecule has 28 heavy (non-hydrogen) atoms. The van der Waals surface area contributed by atoms with Gasteiger partial charge in [-0.15, -0.1) is 11.3 Å². The van der Waals surface area contributed by atoms with E-state index >= 15 is 0 Å². The molecule has 4 nitrogen and oxygen atoms in total. The van der Waals surface area contributed by atoms with Gasteiger partial charge in [-0.05, 0) is 36.1 Å². The van der Waals surface area contributed by atoms with Crippen molar-refractivity contribution in [3.05, 3.63) is 65.0 Å². The molecule has 0 aliphatic rings. The van der Waals surface area contributed by atoms with Gasteiger partial charge in [-0.3, -0.25) is 10.1 Å². The summed E-state index contributed by atoms with van der Waals surface area (Å²) in [5, 5.41) is 5.44. The van der Waals surface area contributed by atoms with E-state index in [4.69, 9.17) is 4.74 Å². The maximum absolute atomic E-state index is 12.6. The first-order valence-electron chi connectivity index (χ1n) is 9.67. The second kappa shape index (κ2) is 9.51. The number of aromatic nitrogens is 1. The molecule has 1 aromatic heterocycles. The number of carbonyl (C=O) groups is 1. The van der Waals surface area contributed by atoms with Gasteiger partial charge in [0.15, 0.2) is 5.13 Å². The zero-order valence-corrected chi connectivity index (χ0v) is 17.4. The van der Waals surface area contributed by atoms with Crippen molar-refractivity contribution in [2.24, 2.45) is 0 Å². The fraction of sp³-hybridized carbons (Fsp3) is 0.304. The van der Waals surface area contributed by atoms with Crippen molar-refractivity contribution in [3.63, 3.8) is 0 Å². The Hall–Kier alpha value is -2.66. The Labute approximate surface area is 170 Å². The van der Waals surface area contributed by atoms with Crippen molar-refractivity contribution in [2.75, 3.05) is 11.9 Å². The predicted octanol–water partition coefficient (Wildman–Crippen LogP) is 6.36. The fourth-order valence-electron chi connectivity index (χ4n) is 2.73. The lowest BCUT2D eigenvalue weighted by Crippen LogP contribution is -2.11. The number of carbonyl (C=O) groups excluding carboxylic acids is 1. The molecule has 1 N–H and O–H groups in total. The van der Waals surface area contributed by atoms with Crippen LogP contribution in [0.5, 0.6) is 5.75 Å². The van der Waals surface area contributed by atoms with Gasteiger partial charge < -0.3 is 4.74 Å². The summed E-state index contributed by atoms with van der Waals surface area (Å²) >= 11 is 1.42. The third-order valence-corrected chi connectivity index (χ3v) is 5.22. The average molecular weight is 395 g/mol. The number of amides is 1. The Morgan fingerprint density at radius 3 is 2.68 bits per heavy atom. The van der Waals surface area contributed by atoms with E-state index in [2.05, 4.69) is 55.3 Å². The molecule has 3 aromatic rings. The van der Waals surface area contributed by atoms with E-state index in [9.17, 15) is 4.79 Å². The van der Waals surface area contributed by atoms with Gasteiger partial charge in [-0.25, -0.2) is 4.98 Å². The lowest BCUT2D eigenvalue weighted by atomic mass is 10.0. The molecule has 0 saturated heterocycles. The van der Waals surface area contributed by atoms with E-state index in [1.807, 2.05) is 17.5 Å². The van der Waals surface area contributed by atoms with E-state index in [0.29, 0.717) is 29.0 Å². The number of rotatable bonds is 8. The number of nitrogens with one attached hydrogen (secondary N) is 1. The Kier molecular flexibility index (Phi) is 6.82. The smallest absolute Gasteiger partial charge is 0.257 e. The SMILES string of the molecule is CCCCOc1cccc(C(=O)Nc2nc(-c3ccc(C(C)C)cc3)cs2)c1. The minimum absolute atomic E-state index is 0.183. The molecule has 1 amide bonds. The number of hydrogen-bond donors (Lipinski definition) is 1.